The Labute approximate surface area is 94.4 Å². The zero-order valence-corrected chi connectivity index (χ0v) is 10.7. The highest BCUT2D eigenvalue weighted by Crippen LogP contribution is 2.12. The molecule has 2 nitrogen and oxygen atoms in total. The van der Waals surface area contributed by atoms with Crippen LogP contribution in [0.4, 0.5) is 0 Å². The van der Waals surface area contributed by atoms with Crippen LogP contribution in [-0.2, 0) is 9.53 Å². The van der Waals surface area contributed by atoms with Crippen LogP contribution in [0.1, 0.15) is 59.8 Å². The van der Waals surface area contributed by atoms with Gasteiger partial charge >= 0.3 is 5.97 Å². The zero-order chi connectivity index (χ0) is 11.7. The van der Waals surface area contributed by atoms with Crippen LogP contribution in [0, 0.1) is 11.8 Å². The standard InChI is InChI=1S/C13H26O2/c1-5-6-12(4)7-8-13(14)15-10-9-11(2)3/h11-12H,5-10H2,1-4H3. The molecule has 0 aliphatic carbocycles. The Morgan fingerprint density at radius 3 is 2.33 bits per heavy atom. The summed E-state index contributed by atoms with van der Waals surface area (Å²) in [5.41, 5.74) is 0. The lowest BCUT2D eigenvalue weighted by molar-refractivity contribution is -0.144. The summed E-state index contributed by atoms with van der Waals surface area (Å²) in [6.45, 7) is 9.23. The Hall–Kier alpha value is -0.530. The first-order chi connectivity index (χ1) is 7.06. The SMILES string of the molecule is CCCC(C)CCC(=O)OCCC(C)C. The van der Waals surface area contributed by atoms with Crippen LogP contribution < -0.4 is 0 Å². The molecule has 0 bridgehead atoms. The van der Waals surface area contributed by atoms with E-state index in [1.165, 1.54) is 12.8 Å². The van der Waals surface area contributed by atoms with Crippen molar-refractivity contribution in [2.45, 2.75) is 59.8 Å². The van der Waals surface area contributed by atoms with Gasteiger partial charge in [0.1, 0.15) is 0 Å². The number of hydrogen-bond acceptors (Lipinski definition) is 2. The first kappa shape index (κ1) is 14.5. The van der Waals surface area contributed by atoms with Crippen molar-refractivity contribution in [3.8, 4) is 0 Å². The number of ether oxygens (including phenoxy) is 1. The lowest BCUT2D eigenvalue weighted by Crippen LogP contribution is -2.09. The van der Waals surface area contributed by atoms with Gasteiger partial charge in [-0.1, -0.05) is 40.5 Å². The molecule has 0 rings (SSSR count). The lowest BCUT2D eigenvalue weighted by Gasteiger charge is -2.10. The van der Waals surface area contributed by atoms with E-state index in [2.05, 4.69) is 27.7 Å². The molecule has 90 valence electrons. The zero-order valence-electron chi connectivity index (χ0n) is 10.7. The number of carbonyl (C=O) groups is 1. The van der Waals surface area contributed by atoms with Gasteiger partial charge in [0, 0.05) is 6.42 Å². The molecule has 0 amide bonds. The highest BCUT2D eigenvalue weighted by atomic mass is 16.5. The van der Waals surface area contributed by atoms with Crippen molar-refractivity contribution in [2.75, 3.05) is 6.61 Å². The summed E-state index contributed by atoms with van der Waals surface area (Å²) in [4.78, 5) is 11.3. The number of carbonyl (C=O) groups excluding carboxylic acids is 1. The molecule has 0 saturated heterocycles. The molecule has 0 aromatic carbocycles. The molecule has 0 aromatic heterocycles. The van der Waals surface area contributed by atoms with Crippen molar-refractivity contribution >= 4 is 5.97 Å². The average molecular weight is 214 g/mol. The largest absolute Gasteiger partial charge is 0.466 e. The molecule has 0 aliphatic rings. The predicted molar refractivity (Wildman–Crippen MR) is 63.7 cm³/mol. The van der Waals surface area contributed by atoms with Gasteiger partial charge < -0.3 is 4.74 Å². The van der Waals surface area contributed by atoms with E-state index in [0.29, 0.717) is 24.9 Å². The predicted octanol–water partition coefficient (Wildman–Crippen LogP) is 3.79. The Balaban J connectivity index is 3.40. The van der Waals surface area contributed by atoms with Crippen LogP contribution in [0.25, 0.3) is 0 Å². The summed E-state index contributed by atoms with van der Waals surface area (Å²) in [6, 6.07) is 0. The third-order valence-electron chi connectivity index (χ3n) is 2.58. The molecule has 0 fully saturated rings. The minimum Gasteiger partial charge on any atom is -0.466 e. The van der Waals surface area contributed by atoms with Crippen molar-refractivity contribution in [1.29, 1.82) is 0 Å². The normalized spacial score (nSPS) is 12.9. The Kier molecular flexibility index (Phi) is 8.44. The van der Waals surface area contributed by atoms with Crippen molar-refractivity contribution in [2.24, 2.45) is 11.8 Å². The topological polar surface area (TPSA) is 26.3 Å². The monoisotopic (exact) mass is 214 g/mol. The summed E-state index contributed by atoms with van der Waals surface area (Å²) in [6.07, 6.45) is 4.92. The van der Waals surface area contributed by atoms with Crippen molar-refractivity contribution in [1.82, 2.24) is 0 Å². The quantitative estimate of drug-likeness (QED) is 0.575. The van der Waals surface area contributed by atoms with E-state index in [4.69, 9.17) is 4.74 Å². The highest BCUT2D eigenvalue weighted by molar-refractivity contribution is 5.69. The fraction of sp³-hybridized carbons (Fsp3) is 0.923. The third kappa shape index (κ3) is 9.77. The summed E-state index contributed by atoms with van der Waals surface area (Å²) >= 11 is 0. The Morgan fingerprint density at radius 1 is 1.13 bits per heavy atom. The van der Waals surface area contributed by atoms with Gasteiger partial charge in [0.25, 0.3) is 0 Å². The van der Waals surface area contributed by atoms with Crippen LogP contribution in [0.15, 0.2) is 0 Å². The van der Waals surface area contributed by atoms with E-state index in [1.807, 2.05) is 0 Å². The van der Waals surface area contributed by atoms with Gasteiger partial charge in [-0.05, 0) is 24.7 Å². The molecule has 0 aliphatic heterocycles. The minimum atomic E-state index is -0.0291. The maximum absolute atomic E-state index is 11.3. The molecule has 0 heterocycles. The van der Waals surface area contributed by atoms with E-state index in [-0.39, 0.29) is 5.97 Å². The molecule has 2 heteroatoms. The second kappa shape index (κ2) is 8.75. The van der Waals surface area contributed by atoms with Gasteiger partial charge in [0.05, 0.1) is 6.61 Å². The molecule has 0 radical (unpaired) electrons. The Bertz CT molecular complexity index is 164. The van der Waals surface area contributed by atoms with E-state index < -0.39 is 0 Å². The van der Waals surface area contributed by atoms with Gasteiger partial charge in [-0.25, -0.2) is 0 Å². The van der Waals surface area contributed by atoms with Gasteiger partial charge in [0.2, 0.25) is 0 Å². The second-order valence-electron chi connectivity index (χ2n) is 4.84. The summed E-state index contributed by atoms with van der Waals surface area (Å²) < 4.78 is 5.14. The molecule has 1 unspecified atom stereocenters. The van der Waals surface area contributed by atoms with Crippen molar-refractivity contribution in [3.05, 3.63) is 0 Å². The number of hydrogen-bond donors (Lipinski definition) is 0. The molecule has 0 saturated carbocycles. The van der Waals surface area contributed by atoms with Gasteiger partial charge in [0.15, 0.2) is 0 Å². The molecular formula is C13H26O2. The molecule has 15 heavy (non-hydrogen) atoms. The summed E-state index contributed by atoms with van der Waals surface area (Å²) in [5, 5.41) is 0. The van der Waals surface area contributed by atoms with Crippen LogP contribution >= 0.6 is 0 Å². The fourth-order valence-electron chi connectivity index (χ4n) is 1.48. The maximum atomic E-state index is 11.3. The Morgan fingerprint density at radius 2 is 1.80 bits per heavy atom. The first-order valence-corrected chi connectivity index (χ1v) is 6.21. The smallest absolute Gasteiger partial charge is 0.305 e. The van der Waals surface area contributed by atoms with Gasteiger partial charge in [-0.2, -0.15) is 0 Å². The molecule has 0 spiro atoms. The maximum Gasteiger partial charge on any atom is 0.305 e. The summed E-state index contributed by atoms with van der Waals surface area (Å²) in [7, 11) is 0. The number of esters is 1. The molecule has 0 N–H and O–H groups in total. The van der Waals surface area contributed by atoms with Crippen molar-refractivity contribution < 1.29 is 9.53 Å². The van der Waals surface area contributed by atoms with E-state index >= 15 is 0 Å². The highest BCUT2D eigenvalue weighted by Gasteiger charge is 2.07. The third-order valence-corrected chi connectivity index (χ3v) is 2.58. The average Bonchev–Trinajstić information content (AvgIpc) is 2.14. The van der Waals surface area contributed by atoms with E-state index in [1.54, 1.807) is 0 Å². The van der Waals surface area contributed by atoms with E-state index in [0.717, 1.165) is 12.8 Å². The lowest BCUT2D eigenvalue weighted by atomic mass is 10.0. The van der Waals surface area contributed by atoms with Gasteiger partial charge in [-0.3, -0.25) is 4.79 Å². The van der Waals surface area contributed by atoms with Gasteiger partial charge in [-0.15, -0.1) is 0 Å². The van der Waals surface area contributed by atoms with E-state index in [9.17, 15) is 4.79 Å². The summed E-state index contributed by atoms with van der Waals surface area (Å²) in [5.74, 6) is 1.23. The second-order valence-corrected chi connectivity index (χ2v) is 4.84. The minimum absolute atomic E-state index is 0.0291. The van der Waals surface area contributed by atoms with Crippen LogP contribution in [0.3, 0.4) is 0 Å². The molecular weight excluding hydrogens is 188 g/mol. The molecule has 0 aromatic rings. The van der Waals surface area contributed by atoms with Crippen LogP contribution in [0.5, 0.6) is 0 Å². The number of rotatable bonds is 8. The van der Waals surface area contributed by atoms with Crippen LogP contribution in [0.2, 0.25) is 0 Å². The van der Waals surface area contributed by atoms with Crippen molar-refractivity contribution in [3.63, 3.8) is 0 Å². The first-order valence-electron chi connectivity index (χ1n) is 6.21. The fourth-order valence-corrected chi connectivity index (χ4v) is 1.48. The van der Waals surface area contributed by atoms with Crippen LogP contribution in [-0.4, -0.2) is 12.6 Å². The molecule has 1 atom stereocenters.